The molecular formula is C23H15FN2+2. The standard InChI is InChI=1S/C23H15FN2/c24-16-11-12-20-18(15-16)22-10-4-6-14-26(22)23(20)19-8-2-1-7-17(19)21-9-3-5-13-25(21)23/h1-15H/q+2. The van der Waals surface area contributed by atoms with Crippen molar-refractivity contribution >= 4 is 0 Å². The second kappa shape index (κ2) is 4.64. The fourth-order valence-electron chi connectivity index (χ4n) is 4.71. The van der Waals surface area contributed by atoms with Crippen LogP contribution in [-0.2, 0) is 5.66 Å². The van der Waals surface area contributed by atoms with Crippen LogP contribution in [0.25, 0.3) is 22.5 Å². The minimum atomic E-state index is -0.521. The van der Waals surface area contributed by atoms with Crippen molar-refractivity contribution in [2.45, 2.75) is 5.66 Å². The highest BCUT2D eigenvalue weighted by molar-refractivity contribution is 5.73. The molecule has 2 aromatic heterocycles. The van der Waals surface area contributed by atoms with E-state index in [1.807, 2.05) is 18.2 Å². The summed E-state index contributed by atoms with van der Waals surface area (Å²) < 4.78 is 18.7. The molecule has 0 radical (unpaired) electrons. The summed E-state index contributed by atoms with van der Waals surface area (Å²) >= 11 is 0. The van der Waals surface area contributed by atoms with Crippen molar-refractivity contribution < 1.29 is 13.5 Å². The van der Waals surface area contributed by atoms with Crippen LogP contribution >= 0.6 is 0 Å². The van der Waals surface area contributed by atoms with Crippen molar-refractivity contribution in [1.29, 1.82) is 0 Å². The summed E-state index contributed by atoms with van der Waals surface area (Å²) in [5, 5.41) is 0. The zero-order chi connectivity index (χ0) is 17.3. The lowest BCUT2D eigenvalue weighted by atomic mass is 9.90. The Balaban J connectivity index is 1.87. The molecule has 2 nitrogen and oxygen atoms in total. The maximum atomic E-state index is 14.1. The summed E-state index contributed by atoms with van der Waals surface area (Å²) in [5.74, 6) is -0.208. The highest BCUT2D eigenvalue weighted by Gasteiger charge is 2.66. The van der Waals surface area contributed by atoms with Crippen LogP contribution < -0.4 is 9.13 Å². The Morgan fingerprint density at radius 2 is 1.23 bits per heavy atom. The van der Waals surface area contributed by atoms with E-state index in [0.29, 0.717) is 0 Å². The summed E-state index contributed by atoms with van der Waals surface area (Å²) in [7, 11) is 0. The third kappa shape index (κ3) is 1.43. The molecule has 4 aromatic rings. The largest absolute Gasteiger partial charge is 0.417 e. The summed E-state index contributed by atoms with van der Waals surface area (Å²) in [4.78, 5) is 0. The van der Waals surface area contributed by atoms with Crippen LogP contribution in [0.1, 0.15) is 11.1 Å². The van der Waals surface area contributed by atoms with E-state index in [0.717, 1.165) is 16.8 Å². The fourth-order valence-corrected chi connectivity index (χ4v) is 4.71. The van der Waals surface area contributed by atoms with Crippen molar-refractivity contribution in [3.8, 4) is 22.5 Å². The van der Waals surface area contributed by atoms with Gasteiger partial charge in [-0.3, -0.25) is 0 Å². The number of nitrogens with zero attached hydrogens (tertiary/aromatic N) is 2. The Labute approximate surface area is 150 Å². The zero-order valence-electron chi connectivity index (χ0n) is 13.9. The average molecular weight is 338 g/mol. The monoisotopic (exact) mass is 338 g/mol. The number of halogens is 1. The molecule has 0 amide bonds. The lowest BCUT2D eigenvalue weighted by Crippen LogP contribution is -2.71. The predicted octanol–water partition coefficient (Wildman–Crippen LogP) is 3.66. The van der Waals surface area contributed by atoms with Crippen molar-refractivity contribution in [1.82, 2.24) is 0 Å². The number of aromatic nitrogens is 2. The van der Waals surface area contributed by atoms with Gasteiger partial charge in [-0.1, -0.05) is 12.1 Å². The summed E-state index contributed by atoms with van der Waals surface area (Å²) in [6.45, 7) is 0. The quantitative estimate of drug-likeness (QED) is 0.374. The van der Waals surface area contributed by atoms with Crippen LogP contribution in [0.3, 0.4) is 0 Å². The smallest absolute Gasteiger partial charge is 0.207 e. The molecule has 0 saturated heterocycles. The molecule has 2 aliphatic heterocycles. The molecule has 26 heavy (non-hydrogen) atoms. The van der Waals surface area contributed by atoms with Crippen molar-refractivity contribution in [3.63, 3.8) is 0 Å². The van der Waals surface area contributed by atoms with Crippen LogP contribution in [0.5, 0.6) is 0 Å². The van der Waals surface area contributed by atoms with Gasteiger partial charge in [0.05, 0.1) is 11.1 Å². The molecule has 0 saturated carbocycles. The SMILES string of the molecule is Fc1ccc2c(c1)-c1cccc[n+]1C21c2ccccc2-c2cccc[n+]21. The Morgan fingerprint density at radius 3 is 2.00 bits per heavy atom. The molecule has 0 aliphatic carbocycles. The molecule has 1 atom stereocenters. The predicted molar refractivity (Wildman–Crippen MR) is 95.7 cm³/mol. The van der Waals surface area contributed by atoms with Gasteiger partial charge in [0.25, 0.3) is 0 Å². The second-order valence-corrected chi connectivity index (χ2v) is 6.82. The molecule has 0 bridgehead atoms. The molecule has 1 spiro atoms. The van der Waals surface area contributed by atoms with Gasteiger partial charge in [0.2, 0.25) is 11.4 Å². The van der Waals surface area contributed by atoms with E-state index in [4.69, 9.17) is 0 Å². The lowest BCUT2D eigenvalue weighted by Gasteiger charge is -2.16. The average Bonchev–Trinajstić information content (AvgIpc) is 3.15. The first-order chi connectivity index (χ1) is 12.8. The first kappa shape index (κ1) is 13.9. The van der Waals surface area contributed by atoms with Crippen LogP contribution in [0.15, 0.2) is 91.3 Å². The van der Waals surface area contributed by atoms with Crippen molar-refractivity contribution in [2.75, 3.05) is 0 Å². The number of rotatable bonds is 0. The van der Waals surface area contributed by atoms with Gasteiger partial charge in [-0.05, 0) is 42.5 Å². The molecule has 6 rings (SSSR count). The molecule has 3 heteroatoms. The molecule has 2 aromatic carbocycles. The van der Waals surface area contributed by atoms with E-state index in [1.165, 1.54) is 16.8 Å². The van der Waals surface area contributed by atoms with Crippen molar-refractivity contribution in [2.24, 2.45) is 0 Å². The van der Waals surface area contributed by atoms with Crippen LogP contribution in [0.2, 0.25) is 0 Å². The maximum absolute atomic E-state index is 14.1. The van der Waals surface area contributed by atoms with E-state index in [-0.39, 0.29) is 5.82 Å². The lowest BCUT2D eigenvalue weighted by molar-refractivity contribution is -0.955. The molecule has 2 aliphatic rings. The Hall–Kier alpha value is -3.33. The minimum Gasteiger partial charge on any atom is -0.207 e. The maximum Gasteiger partial charge on any atom is 0.417 e. The van der Waals surface area contributed by atoms with Gasteiger partial charge in [0.1, 0.15) is 16.9 Å². The number of fused-ring (bicyclic) bond motifs is 10. The first-order valence-corrected chi connectivity index (χ1v) is 8.74. The van der Waals surface area contributed by atoms with E-state index in [2.05, 4.69) is 70.1 Å². The topological polar surface area (TPSA) is 7.76 Å². The highest BCUT2D eigenvalue weighted by atomic mass is 19.1. The second-order valence-electron chi connectivity index (χ2n) is 6.82. The van der Waals surface area contributed by atoms with Gasteiger partial charge in [-0.2, -0.15) is 0 Å². The summed E-state index contributed by atoms with van der Waals surface area (Å²) in [6.07, 6.45) is 4.22. The zero-order valence-corrected chi connectivity index (χ0v) is 13.9. The van der Waals surface area contributed by atoms with Gasteiger partial charge in [-0.15, -0.1) is 9.13 Å². The number of pyridine rings is 2. The number of hydrogen-bond acceptors (Lipinski definition) is 0. The normalized spacial score (nSPS) is 18.3. The van der Waals surface area contributed by atoms with Gasteiger partial charge < -0.3 is 0 Å². The molecule has 122 valence electrons. The van der Waals surface area contributed by atoms with E-state index >= 15 is 0 Å². The summed E-state index contributed by atoms with van der Waals surface area (Å²) in [6, 6.07) is 26.1. The van der Waals surface area contributed by atoms with Gasteiger partial charge >= 0.3 is 5.66 Å². The van der Waals surface area contributed by atoms with E-state index in [9.17, 15) is 4.39 Å². The fraction of sp³-hybridized carbons (Fsp3) is 0.0435. The number of benzene rings is 2. The Morgan fingerprint density at radius 1 is 0.615 bits per heavy atom. The molecule has 1 unspecified atom stereocenters. The molecule has 0 N–H and O–H groups in total. The Bertz CT molecular complexity index is 1170. The van der Waals surface area contributed by atoms with Gasteiger partial charge in [0.15, 0.2) is 12.4 Å². The third-order valence-corrected chi connectivity index (χ3v) is 5.63. The minimum absolute atomic E-state index is 0.208. The Kier molecular flexibility index (Phi) is 2.48. The number of hydrogen-bond donors (Lipinski definition) is 0. The molecule has 0 fully saturated rings. The van der Waals surface area contributed by atoms with E-state index in [1.54, 1.807) is 12.1 Å². The highest BCUT2D eigenvalue weighted by Crippen LogP contribution is 2.46. The van der Waals surface area contributed by atoms with Crippen LogP contribution in [0.4, 0.5) is 4.39 Å². The third-order valence-electron chi connectivity index (χ3n) is 5.63. The molecule has 4 heterocycles. The van der Waals surface area contributed by atoms with Gasteiger partial charge in [0, 0.05) is 24.3 Å². The van der Waals surface area contributed by atoms with Crippen LogP contribution in [0, 0.1) is 5.82 Å². The van der Waals surface area contributed by atoms with E-state index < -0.39 is 5.66 Å². The summed E-state index contributed by atoms with van der Waals surface area (Å²) in [5.41, 5.74) is 6.16. The molecular weight excluding hydrogens is 323 g/mol. The van der Waals surface area contributed by atoms with Crippen molar-refractivity contribution in [3.05, 3.63) is 108 Å². The van der Waals surface area contributed by atoms with Gasteiger partial charge in [-0.25, -0.2) is 4.39 Å². The van der Waals surface area contributed by atoms with Crippen LogP contribution in [-0.4, -0.2) is 0 Å². The first-order valence-electron chi connectivity index (χ1n) is 8.74.